The van der Waals surface area contributed by atoms with Crippen LogP contribution in [-0.2, 0) is 6.54 Å². The third kappa shape index (κ3) is 4.06. The largest absolute Gasteiger partial charge is 0.497 e. The average molecular weight is 289 g/mol. The van der Waals surface area contributed by atoms with E-state index in [0.717, 1.165) is 22.2 Å². The van der Waals surface area contributed by atoms with Crippen LogP contribution in [0.3, 0.4) is 0 Å². The number of hydrogen-bond acceptors (Lipinski definition) is 5. The maximum Gasteiger partial charge on any atom is 0.128 e. The van der Waals surface area contributed by atoms with Gasteiger partial charge >= 0.3 is 0 Å². The van der Waals surface area contributed by atoms with E-state index in [1.807, 2.05) is 36.2 Å². The molecular weight excluding hydrogens is 266 g/mol. The summed E-state index contributed by atoms with van der Waals surface area (Å²) < 4.78 is 5.19. The van der Waals surface area contributed by atoms with E-state index >= 15 is 0 Å². The van der Waals surface area contributed by atoms with E-state index in [9.17, 15) is 5.11 Å². The van der Waals surface area contributed by atoms with Crippen LogP contribution in [0.2, 0.25) is 0 Å². The lowest BCUT2D eigenvalue weighted by atomic mass is 10.1. The number of benzene rings is 1. The van der Waals surface area contributed by atoms with Crippen molar-refractivity contribution < 1.29 is 9.84 Å². The molecule has 3 N–H and O–H groups in total. The Kier molecular flexibility index (Phi) is 4.34. The summed E-state index contributed by atoms with van der Waals surface area (Å²) in [6, 6.07) is 7.79. The molecule has 0 saturated heterocycles. The molecule has 0 aliphatic heterocycles. The Morgan fingerprint density at radius 2 is 2.05 bits per heavy atom. The summed E-state index contributed by atoms with van der Waals surface area (Å²) in [5, 5.41) is 10.9. The van der Waals surface area contributed by atoms with Gasteiger partial charge in [-0.2, -0.15) is 0 Å². The van der Waals surface area contributed by atoms with Gasteiger partial charge in [0.05, 0.1) is 18.2 Å². The van der Waals surface area contributed by atoms with Crippen molar-refractivity contribution in [2.75, 3.05) is 26.4 Å². The minimum Gasteiger partial charge on any atom is -0.497 e. The Balaban J connectivity index is 2.26. The Labute approximate surface area is 125 Å². The van der Waals surface area contributed by atoms with Gasteiger partial charge in [0.2, 0.25) is 0 Å². The monoisotopic (exact) mass is 289 g/mol. The second-order valence-corrected chi connectivity index (χ2v) is 6.08. The first-order valence-corrected chi connectivity index (χ1v) is 6.92. The van der Waals surface area contributed by atoms with Crippen molar-refractivity contribution in [2.45, 2.75) is 26.0 Å². The van der Waals surface area contributed by atoms with Gasteiger partial charge < -0.3 is 15.6 Å². The average Bonchev–Trinajstić information content (AvgIpc) is 2.37. The van der Waals surface area contributed by atoms with Crippen molar-refractivity contribution in [1.29, 1.82) is 0 Å². The topological polar surface area (TPSA) is 71.6 Å². The van der Waals surface area contributed by atoms with Crippen molar-refractivity contribution in [3.63, 3.8) is 0 Å². The Bertz CT molecular complexity index is 635. The molecule has 0 amide bonds. The fraction of sp³-hybridized carbons (Fsp3) is 0.438. The van der Waals surface area contributed by atoms with Crippen LogP contribution >= 0.6 is 0 Å². The van der Waals surface area contributed by atoms with Crippen LogP contribution in [0, 0.1) is 0 Å². The van der Waals surface area contributed by atoms with Gasteiger partial charge in [0.1, 0.15) is 11.6 Å². The Morgan fingerprint density at radius 1 is 1.33 bits per heavy atom. The number of nitrogens with two attached hydrogens (primary N) is 1. The first kappa shape index (κ1) is 15.5. The summed E-state index contributed by atoms with van der Waals surface area (Å²) in [5.74, 6) is 1.28. The Hall–Kier alpha value is -1.85. The second kappa shape index (κ2) is 5.87. The molecule has 0 aliphatic rings. The third-order valence-corrected chi connectivity index (χ3v) is 3.23. The number of fused-ring (bicyclic) bond motifs is 1. The number of methoxy groups -OCH3 is 1. The highest BCUT2D eigenvalue weighted by Crippen LogP contribution is 2.23. The van der Waals surface area contributed by atoms with E-state index in [2.05, 4.69) is 4.98 Å². The third-order valence-electron chi connectivity index (χ3n) is 3.23. The lowest BCUT2D eigenvalue weighted by Crippen LogP contribution is -2.36. The molecule has 114 valence electrons. The fourth-order valence-corrected chi connectivity index (χ4v) is 2.47. The first-order valence-electron chi connectivity index (χ1n) is 6.92. The molecule has 0 aliphatic carbocycles. The van der Waals surface area contributed by atoms with Crippen LogP contribution < -0.4 is 10.5 Å². The fourth-order valence-electron chi connectivity index (χ4n) is 2.47. The van der Waals surface area contributed by atoms with Gasteiger partial charge in [-0.3, -0.25) is 4.90 Å². The van der Waals surface area contributed by atoms with Gasteiger partial charge in [-0.15, -0.1) is 0 Å². The normalized spacial score (nSPS) is 12.1. The molecular formula is C16H23N3O2. The number of nitrogen functional groups attached to an aromatic ring is 1. The van der Waals surface area contributed by atoms with Crippen molar-refractivity contribution in [3.8, 4) is 5.75 Å². The standard InChI is InChI=1S/C16H23N3O2/c1-16(2,20)10-19(3)9-12-7-11-5-6-13(21-4)8-14(11)18-15(12)17/h5-8,20H,9-10H2,1-4H3,(H2,17,18). The van der Waals surface area contributed by atoms with Gasteiger partial charge in [0.25, 0.3) is 0 Å². The second-order valence-electron chi connectivity index (χ2n) is 6.08. The van der Waals surface area contributed by atoms with Crippen LogP contribution in [0.5, 0.6) is 5.75 Å². The Morgan fingerprint density at radius 3 is 2.67 bits per heavy atom. The predicted molar refractivity (Wildman–Crippen MR) is 85.3 cm³/mol. The molecule has 21 heavy (non-hydrogen) atoms. The number of aliphatic hydroxyl groups is 1. The molecule has 5 nitrogen and oxygen atoms in total. The number of rotatable bonds is 5. The molecule has 1 aromatic carbocycles. The molecule has 0 radical (unpaired) electrons. The summed E-state index contributed by atoms with van der Waals surface area (Å²) >= 11 is 0. The van der Waals surface area contributed by atoms with Gasteiger partial charge in [-0.25, -0.2) is 4.98 Å². The molecule has 1 aromatic heterocycles. The zero-order chi connectivity index (χ0) is 15.6. The summed E-state index contributed by atoms with van der Waals surface area (Å²) in [6.07, 6.45) is 0. The van der Waals surface area contributed by atoms with Crippen LogP contribution in [0.4, 0.5) is 5.82 Å². The number of anilines is 1. The van der Waals surface area contributed by atoms with Crippen molar-refractivity contribution in [1.82, 2.24) is 9.88 Å². The van der Waals surface area contributed by atoms with Gasteiger partial charge in [0, 0.05) is 30.1 Å². The molecule has 5 heteroatoms. The minimum absolute atomic E-state index is 0.512. The number of ether oxygens (including phenoxy) is 1. The molecule has 0 spiro atoms. The molecule has 0 unspecified atom stereocenters. The van der Waals surface area contributed by atoms with Crippen LogP contribution in [0.25, 0.3) is 10.9 Å². The summed E-state index contributed by atoms with van der Waals surface area (Å²) in [4.78, 5) is 6.47. The molecule has 0 fully saturated rings. The molecule has 1 heterocycles. The van der Waals surface area contributed by atoms with Crippen molar-refractivity contribution in [3.05, 3.63) is 29.8 Å². The van der Waals surface area contributed by atoms with Crippen LogP contribution in [0.15, 0.2) is 24.3 Å². The first-order chi connectivity index (χ1) is 9.78. The zero-order valence-electron chi connectivity index (χ0n) is 13.1. The number of likely N-dealkylation sites (N-methyl/N-ethyl adjacent to an activating group) is 1. The van der Waals surface area contributed by atoms with E-state index in [-0.39, 0.29) is 0 Å². The summed E-state index contributed by atoms with van der Waals surface area (Å²) in [5.41, 5.74) is 7.09. The number of aromatic nitrogens is 1. The van der Waals surface area contributed by atoms with Crippen LogP contribution in [-0.4, -0.2) is 41.3 Å². The number of nitrogens with zero attached hydrogens (tertiary/aromatic N) is 2. The number of pyridine rings is 1. The SMILES string of the molecule is COc1ccc2cc(CN(C)CC(C)(C)O)c(N)nc2c1. The predicted octanol–water partition coefficient (Wildman–Crippen LogP) is 2.03. The minimum atomic E-state index is -0.735. The maximum absolute atomic E-state index is 9.86. The quantitative estimate of drug-likeness (QED) is 0.881. The van der Waals surface area contributed by atoms with E-state index in [1.165, 1.54) is 0 Å². The molecule has 0 saturated carbocycles. The van der Waals surface area contributed by atoms with E-state index < -0.39 is 5.60 Å². The maximum atomic E-state index is 9.86. The lowest BCUT2D eigenvalue weighted by molar-refractivity contribution is 0.0425. The molecule has 2 rings (SSSR count). The van der Waals surface area contributed by atoms with Crippen molar-refractivity contribution >= 4 is 16.7 Å². The highest BCUT2D eigenvalue weighted by Gasteiger charge is 2.16. The molecule has 0 bridgehead atoms. The van der Waals surface area contributed by atoms with E-state index in [4.69, 9.17) is 10.5 Å². The summed E-state index contributed by atoms with van der Waals surface area (Å²) in [7, 11) is 3.58. The number of hydrogen-bond donors (Lipinski definition) is 2. The van der Waals surface area contributed by atoms with E-state index in [1.54, 1.807) is 21.0 Å². The molecule has 0 atom stereocenters. The molecule has 2 aromatic rings. The van der Waals surface area contributed by atoms with Crippen molar-refractivity contribution in [2.24, 2.45) is 0 Å². The van der Waals surface area contributed by atoms with Gasteiger partial charge in [0.15, 0.2) is 0 Å². The van der Waals surface area contributed by atoms with E-state index in [0.29, 0.717) is 18.9 Å². The lowest BCUT2D eigenvalue weighted by Gasteiger charge is -2.25. The smallest absolute Gasteiger partial charge is 0.128 e. The van der Waals surface area contributed by atoms with Crippen LogP contribution in [0.1, 0.15) is 19.4 Å². The van der Waals surface area contributed by atoms with Gasteiger partial charge in [-0.05, 0) is 39.1 Å². The zero-order valence-corrected chi connectivity index (χ0v) is 13.1. The highest BCUT2D eigenvalue weighted by atomic mass is 16.5. The van der Waals surface area contributed by atoms with Gasteiger partial charge in [-0.1, -0.05) is 0 Å². The highest BCUT2D eigenvalue weighted by molar-refractivity contribution is 5.82. The summed E-state index contributed by atoms with van der Waals surface area (Å²) in [6.45, 7) is 4.79.